The lowest BCUT2D eigenvalue weighted by atomic mass is 9.99. The van der Waals surface area contributed by atoms with Crippen LogP contribution >= 0.6 is 0 Å². The van der Waals surface area contributed by atoms with E-state index in [1.807, 2.05) is 43.3 Å². The monoisotopic (exact) mass is 399 g/mol. The lowest BCUT2D eigenvalue weighted by molar-refractivity contribution is 0.301. The fourth-order valence-corrected chi connectivity index (χ4v) is 4.16. The van der Waals surface area contributed by atoms with E-state index < -0.39 is 0 Å². The minimum absolute atomic E-state index is 0.304. The van der Waals surface area contributed by atoms with Crippen LogP contribution in [0.5, 0.6) is 17.2 Å². The molecular formula is C27H27O3. The molecular weight excluding hydrogens is 372 g/mol. The molecule has 3 nitrogen and oxygen atoms in total. The van der Waals surface area contributed by atoms with Gasteiger partial charge in [-0.05, 0) is 78.6 Å². The third-order valence-corrected chi connectivity index (χ3v) is 5.71. The molecule has 0 saturated carbocycles. The van der Waals surface area contributed by atoms with E-state index in [0.29, 0.717) is 18.1 Å². The number of rotatable bonds is 7. The maximum absolute atomic E-state index is 11.3. The summed E-state index contributed by atoms with van der Waals surface area (Å²) in [6.45, 7) is 6.85. The minimum Gasteiger partial charge on any atom is -0.489 e. The molecule has 3 aromatic rings. The van der Waals surface area contributed by atoms with Gasteiger partial charge in [0.1, 0.15) is 23.9 Å². The smallest absolute Gasteiger partial charge is 0.233 e. The van der Waals surface area contributed by atoms with Crippen molar-refractivity contribution >= 4 is 6.29 Å². The largest absolute Gasteiger partial charge is 0.489 e. The molecule has 0 bridgehead atoms. The summed E-state index contributed by atoms with van der Waals surface area (Å²) in [6, 6.07) is 18.1. The highest BCUT2D eigenvalue weighted by Gasteiger charge is 2.22. The molecule has 0 N–H and O–H groups in total. The molecule has 0 heterocycles. The number of ether oxygens (including phenoxy) is 2. The SMILES string of the molecule is Cc1cc([C]=O)c2c(c1Oc1ccc(OCc3ccccc3)c(C(C)C)c1)CCC2. The Hall–Kier alpha value is -3.07. The number of fused-ring (bicyclic) bond motifs is 1. The molecule has 0 unspecified atom stereocenters. The van der Waals surface area contributed by atoms with Crippen molar-refractivity contribution < 1.29 is 14.3 Å². The highest BCUT2D eigenvalue weighted by Crippen LogP contribution is 2.39. The van der Waals surface area contributed by atoms with Gasteiger partial charge in [0.05, 0.1) is 0 Å². The molecule has 0 amide bonds. The molecule has 3 aromatic carbocycles. The summed E-state index contributed by atoms with van der Waals surface area (Å²) in [5.74, 6) is 2.87. The van der Waals surface area contributed by atoms with Crippen LogP contribution in [0, 0.1) is 6.92 Å². The Morgan fingerprint density at radius 1 is 1.00 bits per heavy atom. The fourth-order valence-electron chi connectivity index (χ4n) is 4.16. The van der Waals surface area contributed by atoms with Gasteiger partial charge in [-0.1, -0.05) is 44.2 Å². The summed E-state index contributed by atoms with van der Waals surface area (Å²) >= 11 is 0. The van der Waals surface area contributed by atoms with E-state index in [2.05, 4.69) is 38.3 Å². The number of aryl methyl sites for hydroxylation is 1. The summed E-state index contributed by atoms with van der Waals surface area (Å²) < 4.78 is 12.5. The Kier molecular flexibility index (Phi) is 5.89. The molecule has 1 aliphatic carbocycles. The van der Waals surface area contributed by atoms with Crippen LogP contribution in [0.2, 0.25) is 0 Å². The third kappa shape index (κ3) is 4.11. The molecule has 0 spiro atoms. The van der Waals surface area contributed by atoms with Gasteiger partial charge < -0.3 is 9.47 Å². The van der Waals surface area contributed by atoms with E-state index in [0.717, 1.165) is 64.3 Å². The van der Waals surface area contributed by atoms with E-state index in [9.17, 15) is 4.79 Å². The molecule has 0 fully saturated rings. The van der Waals surface area contributed by atoms with Crippen LogP contribution in [-0.2, 0) is 24.2 Å². The topological polar surface area (TPSA) is 35.5 Å². The van der Waals surface area contributed by atoms with Crippen molar-refractivity contribution in [2.24, 2.45) is 0 Å². The van der Waals surface area contributed by atoms with E-state index in [1.54, 1.807) is 0 Å². The van der Waals surface area contributed by atoms with Crippen molar-refractivity contribution in [2.75, 3.05) is 0 Å². The van der Waals surface area contributed by atoms with E-state index in [4.69, 9.17) is 9.47 Å². The second-order valence-electron chi connectivity index (χ2n) is 8.21. The van der Waals surface area contributed by atoms with E-state index in [-0.39, 0.29) is 0 Å². The number of carbonyl (C=O) groups excluding carboxylic acids is 1. The van der Waals surface area contributed by atoms with Crippen LogP contribution in [0.25, 0.3) is 0 Å². The standard InChI is InChI=1S/C27H27O3/c1-18(2)25-15-22(12-13-26(25)29-17-20-8-5-4-6-9-20)30-27-19(3)14-21(16-28)23-10-7-11-24(23)27/h4-6,8-9,12-15,18H,7,10-11,17H2,1-3H3. The van der Waals surface area contributed by atoms with Crippen molar-refractivity contribution in [3.8, 4) is 17.2 Å². The zero-order chi connectivity index (χ0) is 21.1. The van der Waals surface area contributed by atoms with Gasteiger partial charge >= 0.3 is 0 Å². The van der Waals surface area contributed by atoms with Gasteiger partial charge in [0, 0.05) is 11.1 Å². The molecule has 0 aliphatic heterocycles. The average Bonchev–Trinajstić information content (AvgIpc) is 3.25. The molecule has 0 aromatic heterocycles. The maximum Gasteiger partial charge on any atom is 0.233 e. The first kappa shape index (κ1) is 20.2. The Bertz CT molecular complexity index is 1050. The van der Waals surface area contributed by atoms with Crippen molar-refractivity contribution in [3.63, 3.8) is 0 Å². The zero-order valence-electron chi connectivity index (χ0n) is 17.8. The van der Waals surface area contributed by atoms with Gasteiger partial charge in [0.25, 0.3) is 0 Å². The Morgan fingerprint density at radius 2 is 1.77 bits per heavy atom. The van der Waals surface area contributed by atoms with Crippen LogP contribution < -0.4 is 9.47 Å². The molecule has 1 radical (unpaired) electrons. The lowest BCUT2D eigenvalue weighted by Gasteiger charge is -2.18. The summed E-state index contributed by atoms with van der Waals surface area (Å²) in [5.41, 5.74) is 6.17. The number of benzene rings is 3. The van der Waals surface area contributed by atoms with Crippen molar-refractivity contribution in [2.45, 2.75) is 52.6 Å². The highest BCUT2D eigenvalue weighted by atomic mass is 16.5. The first-order valence-electron chi connectivity index (χ1n) is 10.6. The van der Waals surface area contributed by atoms with Gasteiger partial charge in [0.15, 0.2) is 0 Å². The number of hydrogen-bond acceptors (Lipinski definition) is 3. The van der Waals surface area contributed by atoms with Gasteiger partial charge in [-0.2, -0.15) is 0 Å². The van der Waals surface area contributed by atoms with Gasteiger partial charge in [-0.25, -0.2) is 0 Å². The highest BCUT2D eigenvalue weighted by molar-refractivity contribution is 5.80. The minimum atomic E-state index is 0.304. The molecule has 30 heavy (non-hydrogen) atoms. The maximum atomic E-state index is 11.3. The van der Waals surface area contributed by atoms with Crippen molar-refractivity contribution in [1.29, 1.82) is 0 Å². The average molecular weight is 400 g/mol. The normalized spacial score (nSPS) is 12.7. The number of hydrogen-bond donors (Lipinski definition) is 0. The second-order valence-corrected chi connectivity index (χ2v) is 8.21. The van der Waals surface area contributed by atoms with Crippen LogP contribution in [0.15, 0.2) is 54.6 Å². The van der Waals surface area contributed by atoms with E-state index >= 15 is 0 Å². The quantitative estimate of drug-likeness (QED) is 0.459. The van der Waals surface area contributed by atoms with Crippen molar-refractivity contribution in [1.82, 2.24) is 0 Å². The van der Waals surface area contributed by atoms with Gasteiger partial charge in [-0.15, -0.1) is 0 Å². The van der Waals surface area contributed by atoms with Crippen LogP contribution in [0.3, 0.4) is 0 Å². The Balaban J connectivity index is 1.61. The first-order valence-corrected chi connectivity index (χ1v) is 10.6. The third-order valence-electron chi connectivity index (χ3n) is 5.71. The summed E-state index contributed by atoms with van der Waals surface area (Å²) in [7, 11) is 0. The summed E-state index contributed by atoms with van der Waals surface area (Å²) in [4.78, 5) is 11.3. The first-order chi connectivity index (χ1) is 14.6. The Morgan fingerprint density at radius 3 is 2.50 bits per heavy atom. The van der Waals surface area contributed by atoms with Crippen LogP contribution in [-0.4, -0.2) is 6.29 Å². The molecule has 3 heteroatoms. The second kappa shape index (κ2) is 8.74. The van der Waals surface area contributed by atoms with Crippen LogP contribution in [0.1, 0.15) is 59.6 Å². The van der Waals surface area contributed by atoms with Gasteiger partial charge in [0.2, 0.25) is 6.29 Å². The summed E-state index contributed by atoms with van der Waals surface area (Å²) in [6.07, 6.45) is 5.00. The molecule has 1 aliphatic rings. The van der Waals surface area contributed by atoms with E-state index in [1.165, 1.54) is 0 Å². The molecule has 0 saturated heterocycles. The van der Waals surface area contributed by atoms with Gasteiger partial charge in [-0.3, -0.25) is 4.79 Å². The predicted octanol–water partition coefficient (Wildman–Crippen LogP) is 6.44. The van der Waals surface area contributed by atoms with Crippen LogP contribution in [0.4, 0.5) is 0 Å². The fraction of sp³-hybridized carbons (Fsp3) is 0.296. The zero-order valence-corrected chi connectivity index (χ0v) is 17.8. The lowest BCUT2D eigenvalue weighted by Crippen LogP contribution is -2.02. The summed E-state index contributed by atoms with van der Waals surface area (Å²) in [5, 5.41) is 0. The predicted molar refractivity (Wildman–Crippen MR) is 119 cm³/mol. The molecule has 4 rings (SSSR count). The molecule has 0 atom stereocenters. The Labute approximate surface area is 178 Å². The molecule has 153 valence electrons. The van der Waals surface area contributed by atoms with Crippen molar-refractivity contribution in [3.05, 3.63) is 88.0 Å².